The average Bonchev–Trinajstić information content (AvgIpc) is 3.01. The molecule has 0 saturated carbocycles. The predicted octanol–water partition coefficient (Wildman–Crippen LogP) is 4.16. The number of aromatic nitrogens is 1. The zero-order valence-corrected chi connectivity index (χ0v) is 20.5. The van der Waals surface area contributed by atoms with Crippen LogP contribution in [0.1, 0.15) is 12.8 Å². The SMILES string of the molecule is O=C(O)CCCN1CCN(C[C@@H](O)Cn2c3ccc(Br)cc3c3cc(Br)ccc32)CC1. The van der Waals surface area contributed by atoms with Crippen molar-refractivity contribution in [3.8, 4) is 0 Å². The highest BCUT2D eigenvalue weighted by molar-refractivity contribution is 9.10. The fourth-order valence-electron chi connectivity index (χ4n) is 4.46. The molecule has 0 spiro atoms. The molecule has 1 aliphatic heterocycles. The third kappa shape index (κ3) is 5.49. The van der Waals surface area contributed by atoms with Gasteiger partial charge in [0.2, 0.25) is 0 Å². The van der Waals surface area contributed by atoms with Gasteiger partial charge in [0.15, 0.2) is 0 Å². The minimum absolute atomic E-state index is 0.227. The summed E-state index contributed by atoms with van der Waals surface area (Å²) in [7, 11) is 0. The average molecular weight is 553 g/mol. The Balaban J connectivity index is 1.41. The lowest BCUT2D eigenvalue weighted by molar-refractivity contribution is -0.137. The molecule has 1 atom stereocenters. The minimum Gasteiger partial charge on any atom is -0.481 e. The summed E-state index contributed by atoms with van der Waals surface area (Å²) in [4.78, 5) is 15.3. The van der Waals surface area contributed by atoms with Crippen LogP contribution in [-0.4, -0.2) is 75.9 Å². The molecule has 2 heterocycles. The summed E-state index contributed by atoms with van der Waals surface area (Å²) < 4.78 is 4.30. The second-order valence-electron chi connectivity index (χ2n) is 8.23. The fourth-order valence-corrected chi connectivity index (χ4v) is 5.18. The van der Waals surface area contributed by atoms with Crippen molar-refractivity contribution in [1.29, 1.82) is 0 Å². The van der Waals surface area contributed by atoms with Crippen LogP contribution in [0.15, 0.2) is 45.3 Å². The molecule has 2 aromatic carbocycles. The highest BCUT2D eigenvalue weighted by Gasteiger charge is 2.21. The zero-order chi connectivity index (χ0) is 22.0. The topological polar surface area (TPSA) is 68.9 Å². The molecule has 3 aromatic rings. The standard InChI is InChI=1S/C23H27Br2N3O3/c24-16-3-5-21-19(12-16)20-13-17(25)4-6-22(20)28(21)15-18(29)14-27-10-8-26(9-11-27)7-1-2-23(30)31/h3-6,12-13,18,29H,1-2,7-11,14-15H2,(H,30,31)/t18-/m1/s1. The Morgan fingerprint density at radius 3 is 2.00 bits per heavy atom. The summed E-state index contributed by atoms with van der Waals surface area (Å²) >= 11 is 7.16. The number of halogens is 2. The summed E-state index contributed by atoms with van der Waals surface area (Å²) in [5.41, 5.74) is 2.25. The molecule has 166 valence electrons. The maximum Gasteiger partial charge on any atom is 0.303 e. The van der Waals surface area contributed by atoms with Crippen molar-refractivity contribution in [3.63, 3.8) is 0 Å². The Bertz CT molecular complexity index is 1020. The van der Waals surface area contributed by atoms with E-state index in [1.54, 1.807) is 0 Å². The van der Waals surface area contributed by atoms with Gasteiger partial charge in [-0.05, 0) is 49.4 Å². The number of piperazine rings is 1. The molecule has 4 rings (SSSR count). The third-order valence-corrected chi connectivity index (χ3v) is 6.97. The summed E-state index contributed by atoms with van der Waals surface area (Å²) in [6.45, 7) is 5.65. The van der Waals surface area contributed by atoms with Gasteiger partial charge >= 0.3 is 5.97 Å². The van der Waals surface area contributed by atoms with Crippen LogP contribution >= 0.6 is 31.9 Å². The Kier molecular flexibility index (Phi) is 7.33. The second kappa shape index (κ2) is 10.0. The van der Waals surface area contributed by atoms with E-state index in [0.717, 1.165) is 52.7 Å². The molecule has 1 aromatic heterocycles. The van der Waals surface area contributed by atoms with E-state index in [9.17, 15) is 9.90 Å². The maximum absolute atomic E-state index is 10.9. The highest BCUT2D eigenvalue weighted by atomic mass is 79.9. The van der Waals surface area contributed by atoms with Crippen LogP contribution in [0.5, 0.6) is 0 Å². The lowest BCUT2D eigenvalue weighted by atomic mass is 10.2. The van der Waals surface area contributed by atoms with E-state index in [-0.39, 0.29) is 6.42 Å². The number of aliphatic hydroxyl groups excluding tert-OH is 1. The van der Waals surface area contributed by atoms with Crippen molar-refractivity contribution in [1.82, 2.24) is 14.4 Å². The zero-order valence-electron chi connectivity index (χ0n) is 17.3. The number of benzene rings is 2. The number of carboxylic acid groups (broad SMARTS) is 1. The van der Waals surface area contributed by atoms with Crippen molar-refractivity contribution in [2.75, 3.05) is 39.3 Å². The number of fused-ring (bicyclic) bond motifs is 3. The van der Waals surface area contributed by atoms with E-state index >= 15 is 0 Å². The van der Waals surface area contributed by atoms with Crippen LogP contribution in [-0.2, 0) is 11.3 Å². The third-order valence-electron chi connectivity index (χ3n) is 5.98. The monoisotopic (exact) mass is 551 g/mol. The summed E-state index contributed by atoms with van der Waals surface area (Å²) in [5, 5.41) is 22.0. The molecule has 1 saturated heterocycles. The first kappa shape index (κ1) is 22.7. The van der Waals surface area contributed by atoms with Crippen LogP contribution in [0.25, 0.3) is 21.8 Å². The van der Waals surface area contributed by atoms with Crippen LogP contribution in [0.2, 0.25) is 0 Å². The number of aliphatic carboxylic acids is 1. The molecule has 8 heteroatoms. The van der Waals surface area contributed by atoms with Gasteiger partial charge in [0.05, 0.1) is 12.6 Å². The molecule has 0 amide bonds. The Morgan fingerprint density at radius 1 is 0.903 bits per heavy atom. The minimum atomic E-state index is -0.730. The molecular formula is C23H27Br2N3O3. The van der Waals surface area contributed by atoms with Crippen LogP contribution < -0.4 is 0 Å². The lowest BCUT2D eigenvalue weighted by Gasteiger charge is -2.35. The molecular weight excluding hydrogens is 526 g/mol. The molecule has 31 heavy (non-hydrogen) atoms. The number of aliphatic hydroxyl groups is 1. The van der Waals surface area contributed by atoms with Crippen molar-refractivity contribution in [2.24, 2.45) is 0 Å². The van der Waals surface area contributed by atoms with Gasteiger partial charge in [0.1, 0.15) is 0 Å². The first-order valence-electron chi connectivity index (χ1n) is 10.6. The Morgan fingerprint density at radius 2 is 1.45 bits per heavy atom. The number of rotatable bonds is 8. The summed E-state index contributed by atoms with van der Waals surface area (Å²) in [6, 6.07) is 12.6. The van der Waals surface area contributed by atoms with Gasteiger partial charge in [0, 0.05) is 69.9 Å². The molecule has 6 nitrogen and oxygen atoms in total. The largest absolute Gasteiger partial charge is 0.481 e. The Hall–Kier alpha value is -1.45. The molecule has 0 unspecified atom stereocenters. The van der Waals surface area contributed by atoms with E-state index in [2.05, 4.69) is 70.5 Å². The first-order chi connectivity index (χ1) is 14.9. The van der Waals surface area contributed by atoms with Crippen molar-refractivity contribution < 1.29 is 15.0 Å². The van der Waals surface area contributed by atoms with Crippen LogP contribution in [0, 0.1) is 0 Å². The van der Waals surface area contributed by atoms with Crippen LogP contribution in [0.4, 0.5) is 0 Å². The quantitative estimate of drug-likeness (QED) is 0.439. The van der Waals surface area contributed by atoms with Crippen molar-refractivity contribution in [2.45, 2.75) is 25.5 Å². The van der Waals surface area contributed by atoms with Gasteiger partial charge in [-0.1, -0.05) is 31.9 Å². The van der Waals surface area contributed by atoms with E-state index in [1.165, 1.54) is 10.8 Å². The van der Waals surface area contributed by atoms with Gasteiger partial charge < -0.3 is 19.7 Å². The molecule has 0 bridgehead atoms. The smallest absolute Gasteiger partial charge is 0.303 e. The summed E-state index contributed by atoms with van der Waals surface area (Å²) in [5.74, 6) is -0.730. The molecule has 2 N–H and O–H groups in total. The van der Waals surface area contributed by atoms with E-state index in [4.69, 9.17) is 5.11 Å². The molecule has 0 radical (unpaired) electrons. The van der Waals surface area contributed by atoms with E-state index in [0.29, 0.717) is 19.5 Å². The van der Waals surface area contributed by atoms with Gasteiger partial charge in [-0.2, -0.15) is 0 Å². The highest BCUT2D eigenvalue weighted by Crippen LogP contribution is 2.33. The predicted molar refractivity (Wildman–Crippen MR) is 131 cm³/mol. The van der Waals surface area contributed by atoms with Crippen molar-refractivity contribution >= 4 is 59.6 Å². The fraction of sp³-hybridized carbons (Fsp3) is 0.435. The van der Waals surface area contributed by atoms with Gasteiger partial charge in [-0.3, -0.25) is 9.69 Å². The van der Waals surface area contributed by atoms with Gasteiger partial charge in [-0.15, -0.1) is 0 Å². The molecule has 1 aliphatic rings. The number of β-amino-alcohol motifs (C(OH)–C–C–N with tert-alkyl or cyclic N) is 1. The van der Waals surface area contributed by atoms with Gasteiger partial charge in [0.25, 0.3) is 0 Å². The number of carboxylic acids is 1. The number of carbonyl (C=O) groups is 1. The van der Waals surface area contributed by atoms with Crippen molar-refractivity contribution in [3.05, 3.63) is 45.3 Å². The van der Waals surface area contributed by atoms with E-state index < -0.39 is 12.1 Å². The Labute approximate surface area is 198 Å². The number of hydrogen-bond acceptors (Lipinski definition) is 4. The second-order valence-corrected chi connectivity index (χ2v) is 10.1. The van der Waals surface area contributed by atoms with Gasteiger partial charge in [-0.25, -0.2) is 0 Å². The number of hydrogen-bond donors (Lipinski definition) is 2. The van der Waals surface area contributed by atoms with Crippen LogP contribution in [0.3, 0.4) is 0 Å². The normalized spacial score (nSPS) is 16.9. The molecule has 0 aliphatic carbocycles. The first-order valence-corrected chi connectivity index (χ1v) is 12.2. The maximum atomic E-state index is 10.9. The lowest BCUT2D eigenvalue weighted by Crippen LogP contribution is -2.49. The summed E-state index contributed by atoms with van der Waals surface area (Å²) in [6.07, 6.45) is 0.452. The molecule has 1 fully saturated rings. The van der Waals surface area contributed by atoms with E-state index in [1.807, 2.05) is 12.1 Å². The number of nitrogens with zero attached hydrogens (tertiary/aromatic N) is 3.